The fraction of sp³-hybridized carbons (Fsp3) is 0.846. The van der Waals surface area contributed by atoms with E-state index in [1.807, 2.05) is 13.8 Å². The molecule has 0 bridgehead atoms. The van der Waals surface area contributed by atoms with Gasteiger partial charge >= 0.3 is 0 Å². The van der Waals surface area contributed by atoms with Crippen LogP contribution in [0.3, 0.4) is 0 Å². The summed E-state index contributed by atoms with van der Waals surface area (Å²) in [5.74, 6) is 0.245. The normalized spacial score (nSPS) is 29.4. The van der Waals surface area contributed by atoms with Crippen LogP contribution in [0.4, 0.5) is 8.78 Å². The lowest BCUT2D eigenvalue weighted by Gasteiger charge is -2.38. The van der Waals surface area contributed by atoms with Gasteiger partial charge in [-0.25, -0.2) is 0 Å². The van der Waals surface area contributed by atoms with Gasteiger partial charge in [0.2, 0.25) is 0 Å². The summed E-state index contributed by atoms with van der Waals surface area (Å²) in [4.78, 5) is 0. The maximum absolute atomic E-state index is 14.1. The highest BCUT2D eigenvalue weighted by molar-refractivity contribution is 5.29. The number of methoxy groups -OCH3 is 1. The van der Waals surface area contributed by atoms with Crippen LogP contribution in [0, 0.1) is 17.8 Å². The lowest BCUT2D eigenvalue weighted by atomic mass is 9.76. The van der Waals surface area contributed by atoms with Crippen molar-refractivity contribution >= 4 is 0 Å². The maximum Gasteiger partial charge on any atom is 0.199 e. The molecule has 3 aliphatic rings. The van der Waals surface area contributed by atoms with E-state index in [9.17, 15) is 8.78 Å². The minimum absolute atomic E-state index is 0.0683. The minimum atomic E-state index is -0.918. The number of hydrogen-bond acceptors (Lipinski definition) is 3. The van der Waals surface area contributed by atoms with Gasteiger partial charge in [0.15, 0.2) is 11.7 Å². The molecule has 1 aliphatic heterocycles. The Morgan fingerprint density at radius 1 is 0.871 bits per heavy atom. The van der Waals surface area contributed by atoms with Crippen molar-refractivity contribution in [3.63, 3.8) is 0 Å². The van der Waals surface area contributed by atoms with E-state index in [1.54, 1.807) is 0 Å². The number of unbranched alkanes of at least 4 members (excludes halogenated alkanes) is 2. The van der Waals surface area contributed by atoms with Gasteiger partial charge in [-0.2, -0.15) is 8.78 Å². The van der Waals surface area contributed by atoms with Crippen molar-refractivity contribution in [1.29, 1.82) is 0 Å². The number of allylic oxidation sites excluding steroid dienone is 4. The average molecular weight is 443 g/mol. The number of rotatable bonds is 9. The van der Waals surface area contributed by atoms with Crippen molar-refractivity contribution < 1.29 is 23.0 Å². The van der Waals surface area contributed by atoms with Crippen molar-refractivity contribution in [2.75, 3.05) is 20.3 Å². The quantitative estimate of drug-likeness (QED) is 0.338. The standard InChI is InChI=1S/C24H38F2O3.C2H6/c1-3-4-5-6-17-7-10-19(11-8-17)20-12-9-18(15-28-20)16-29-22-14-13-21(27-2)23(25)24(22)26;1-2/h17-20H,3-16H2,1-2H3;1-2H3. The molecule has 180 valence electrons. The molecule has 3 nitrogen and oxygen atoms in total. The summed E-state index contributed by atoms with van der Waals surface area (Å²) in [5, 5.41) is 0. The summed E-state index contributed by atoms with van der Waals surface area (Å²) in [5.41, 5.74) is 0. The van der Waals surface area contributed by atoms with Crippen molar-refractivity contribution in [2.24, 2.45) is 17.8 Å². The Bertz CT molecular complexity index is 571. The molecule has 2 atom stereocenters. The van der Waals surface area contributed by atoms with Gasteiger partial charge < -0.3 is 14.2 Å². The smallest absolute Gasteiger partial charge is 0.199 e. The molecule has 1 saturated heterocycles. The summed E-state index contributed by atoms with van der Waals surface area (Å²) in [7, 11) is 1.36. The highest BCUT2D eigenvalue weighted by atomic mass is 19.2. The summed E-state index contributed by atoms with van der Waals surface area (Å²) in [6.07, 6.45) is 13.9. The molecule has 2 fully saturated rings. The van der Waals surface area contributed by atoms with Crippen LogP contribution >= 0.6 is 0 Å². The van der Waals surface area contributed by atoms with Crippen LogP contribution in [0.2, 0.25) is 0 Å². The summed E-state index contributed by atoms with van der Waals surface area (Å²) < 4.78 is 44.6. The summed E-state index contributed by atoms with van der Waals surface area (Å²) in [6.45, 7) is 7.33. The van der Waals surface area contributed by atoms with Crippen LogP contribution in [0.15, 0.2) is 23.2 Å². The lowest BCUT2D eigenvalue weighted by molar-refractivity contribution is -0.0705. The molecule has 0 amide bonds. The molecule has 0 N–H and O–H groups in total. The zero-order chi connectivity index (χ0) is 22.6. The van der Waals surface area contributed by atoms with Gasteiger partial charge in [0, 0.05) is 18.8 Å². The SMILES string of the molecule is CC.CCCCCC1CCC(C2CCC(COC3=C(F)C(F)=C(OC)CC3)CO2)CC1. The Labute approximate surface area is 188 Å². The molecular formula is C26H44F2O3. The van der Waals surface area contributed by atoms with E-state index >= 15 is 0 Å². The molecular weight excluding hydrogens is 398 g/mol. The molecule has 31 heavy (non-hydrogen) atoms. The molecule has 2 aliphatic carbocycles. The first-order valence-corrected chi connectivity index (χ1v) is 12.7. The number of ether oxygens (including phenoxy) is 3. The molecule has 5 heteroatoms. The molecule has 0 aromatic carbocycles. The summed E-state index contributed by atoms with van der Waals surface area (Å²) >= 11 is 0. The van der Waals surface area contributed by atoms with E-state index in [2.05, 4.69) is 6.92 Å². The average Bonchev–Trinajstić information content (AvgIpc) is 2.82. The molecule has 0 aromatic rings. The molecule has 3 rings (SSSR count). The topological polar surface area (TPSA) is 27.7 Å². The minimum Gasteiger partial charge on any atom is -0.498 e. The van der Waals surface area contributed by atoms with Crippen LogP contribution in [0.5, 0.6) is 0 Å². The van der Waals surface area contributed by atoms with Gasteiger partial charge in [0.05, 0.1) is 26.4 Å². The predicted molar refractivity (Wildman–Crippen MR) is 122 cm³/mol. The Morgan fingerprint density at radius 3 is 2.13 bits per heavy atom. The Balaban J connectivity index is 0.00000166. The van der Waals surface area contributed by atoms with Crippen LogP contribution in [-0.4, -0.2) is 26.4 Å². The fourth-order valence-electron chi connectivity index (χ4n) is 5.10. The molecule has 0 radical (unpaired) electrons. The second kappa shape index (κ2) is 14.1. The third-order valence-corrected chi connectivity index (χ3v) is 7.04. The number of halogens is 2. The van der Waals surface area contributed by atoms with Gasteiger partial charge in [-0.3, -0.25) is 0 Å². The highest BCUT2D eigenvalue weighted by Crippen LogP contribution is 2.38. The van der Waals surface area contributed by atoms with Gasteiger partial charge in [0.25, 0.3) is 0 Å². The van der Waals surface area contributed by atoms with Gasteiger partial charge in [0.1, 0.15) is 11.5 Å². The first kappa shape index (κ1) is 26.2. The van der Waals surface area contributed by atoms with Crippen molar-refractivity contribution in [1.82, 2.24) is 0 Å². The van der Waals surface area contributed by atoms with Crippen molar-refractivity contribution in [2.45, 2.75) is 104 Å². The van der Waals surface area contributed by atoms with Gasteiger partial charge in [-0.1, -0.05) is 59.3 Å². The van der Waals surface area contributed by atoms with E-state index in [0.29, 0.717) is 38.1 Å². The second-order valence-corrected chi connectivity index (χ2v) is 9.08. The zero-order valence-corrected chi connectivity index (χ0v) is 20.2. The van der Waals surface area contributed by atoms with Gasteiger partial charge in [-0.05, 0) is 37.5 Å². The van der Waals surface area contributed by atoms with E-state index in [0.717, 1.165) is 18.8 Å². The summed E-state index contributed by atoms with van der Waals surface area (Å²) in [6, 6.07) is 0. The molecule has 0 spiro atoms. The van der Waals surface area contributed by atoms with Crippen molar-refractivity contribution in [3.8, 4) is 0 Å². The molecule has 0 aromatic heterocycles. The van der Waals surface area contributed by atoms with Crippen LogP contribution < -0.4 is 0 Å². The highest BCUT2D eigenvalue weighted by Gasteiger charge is 2.32. The van der Waals surface area contributed by atoms with E-state index < -0.39 is 11.7 Å². The largest absolute Gasteiger partial charge is 0.498 e. The van der Waals surface area contributed by atoms with E-state index in [1.165, 1.54) is 58.5 Å². The van der Waals surface area contributed by atoms with E-state index in [4.69, 9.17) is 14.2 Å². The lowest BCUT2D eigenvalue weighted by Crippen LogP contribution is -2.35. The first-order valence-electron chi connectivity index (χ1n) is 12.7. The number of hydrogen-bond donors (Lipinski definition) is 0. The molecule has 1 saturated carbocycles. The third kappa shape index (κ3) is 7.76. The van der Waals surface area contributed by atoms with E-state index in [-0.39, 0.29) is 17.4 Å². The third-order valence-electron chi connectivity index (χ3n) is 7.04. The van der Waals surface area contributed by atoms with Crippen molar-refractivity contribution in [3.05, 3.63) is 23.2 Å². The maximum atomic E-state index is 14.1. The van der Waals surface area contributed by atoms with Crippen LogP contribution in [-0.2, 0) is 14.2 Å². The fourth-order valence-corrected chi connectivity index (χ4v) is 5.10. The van der Waals surface area contributed by atoms with Crippen LogP contribution in [0.25, 0.3) is 0 Å². The first-order chi connectivity index (χ1) is 15.1. The Hall–Kier alpha value is -1.10. The van der Waals surface area contributed by atoms with Crippen LogP contribution in [0.1, 0.15) is 97.8 Å². The Kier molecular flexibility index (Phi) is 11.9. The zero-order valence-electron chi connectivity index (χ0n) is 20.2. The molecule has 1 heterocycles. The second-order valence-electron chi connectivity index (χ2n) is 9.08. The predicted octanol–water partition coefficient (Wildman–Crippen LogP) is 8.01. The Morgan fingerprint density at radius 2 is 1.52 bits per heavy atom. The molecule has 2 unspecified atom stereocenters. The van der Waals surface area contributed by atoms with Gasteiger partial charge in [-0.15, -0.1) is 0 Å². The monoisotopic (exact) mass is 442 g/mol.